The summed E-state index contributed by atoms with van der Waals surface area (Å²) in [6.07, 6.45) is 3.13. The average molecular weight is 240 g/mol. The predicted octanol–water partition coefficient (Wildman–Crippen LogP) is 0.289. The molecule has 1 unspecified atom stereocenters. The van der Waals surface area contributed by atoms with Crippen LogP contribution in [0, 0.1) is 0 Å². The largest absolute Gasteiger partial charge is 0.465 e. The standard InChI is InChI=1S/C11H20N4O2/c1-4-9(11(16)17-5-2)12-7-6-10-14-13-8-15(10)3/h8-9,12H,4-7H2,1-3H3. The number of rotatable bonds is 7. The highest BCUT2D eigenvalue weighted by Gasteiger charge is 2.16. The molecule has 1 N–H and O–H groups in total. The molecule has 0 radical (unpaired) electrons. The maximum atomic E-state index is 11.5. The van der Waals surface area contributed by atoms with Crippen LogP contribution in [-0.2, 0) is 23.0 Å². The number of esters is 1. The lowest BCUT2D eigenvalue weighted by Gasteiger charge is -2.14. The molecule has 96 valence electrons. The summed E-state index contributed by atoms with van der Waals surface area (Å²) in [5.41, 5.74) is 0. The molecule has 0 aliphatic rings. The van der Waals surface area contributed by atoms with Gasteiger partial charge in [-0.1, -0.05) is 6.92 Å². The van der Waals surface area contributed by atoms with Crippen molar-refractivity contribution in [1.82, 2.24) is 20.1 Å². The lowest BCUT2D eigenvalue weighted by atomic mass is 10.2. The summed E-state index contributed by atoms with van der Waals surface area (Å²) in [7, 11) is 1.90. The van der Waals surface area contributed by atoms with E-state index in [0.29, 0.717) is 13.2 Å². The lowest BCUT2D eigenvalue weighted by Crippen LogP contribution is -2.38. The number of hydrogen-bond donors (Lipinski definition) is 1. The van der Waals surface area contributed by atoms with E-state index in [2.05, 4.69) is 15.5 Å². The Bertz CT molecular complexity index is 351. The highest BCUT2D eigenvalue weighted by Crippen LogP contribution is 1.97. The van der Waals surface area contributed by atoms with Crippen molar-refractivity contribution in [3.63, 3.8) is 0 Å². The first kappa shape index (κ1) is 13.6. The Hall–Kier alpha value is -1.43. The van der Waals surface area contributed by atoms with E-state index >= 15 is 0 Å². The summed E-state index contributed by atoms with van der Waals surface area (Å²) in [6.45, 7) is 4.87. The summed E-state index contributed by atoms with van der Waals surface area (Å²) in [5, 5.41) is 10.9. The van der Waals surface area contributed by atoms with E-state index in [1.807, 2.05) is 25.5 Å². The zero-order chi connectivity index (χ0) is 12.7. The highest BCUT2D eigenvalue weighted by atomic mass is 16.5. The molecule has 1 aromatic heterocycles. The van der Waals surface area contributed by atoms with Gasteiger partial charge in [0.05, 0.1) is 6.61 Å². The van der Waals surface area contributed by atoms with Crippen molar-refractivity contribution in [3.05, 3.63) is 12.2 Å². The number of carbonyl (C=O) groups is 1. The topological polar surface area (TPSA) is 69.0 Å². The molecule has 1 heterocycles. The fraction of sp³-hybridized carbons (Fsp3) is 0.727. The van der Waals surface area contributed by atoms with Crippen molar-refractivity contribution < 1.29 is 9.53 Å². The van der Waals surface area contributed by atoms with Crippen molar-refractivity contribution in [1.29, 1.82) is 0 Å². The van der Waals surface area contributed by atoms with Crippen LogP contribution in [0.4, 0.5) is 0 Å². The lowest BCUT2D eigenvalue weighted by molar-refractivity contribution is -0.145. The SMILES string of the molecule is CCOC(=O)C(CC)NCCc1nncn1C. The van der Waals surface area contributed by atoms with E-state index in [-0.39, 0.29) is 12.0 Å². The minimum absolute atomic E-state index is 0.187. The maximum absolute atomic E-state index is 11.5. The van der Waals surface area contributed by atoms with E-state index in [1.54, 1.807) is 6.33 Å². The van der Waals surface area contributed by atoms with E-state index in [9.17, 15) is 4.79 Å². The van der Waals surface area contributed by atoms with Crippen LogP contribution in [0.3, 0.4) is 0 Å². The Kier molecular flexibility index (Phi) is 5.62. The van der Waals surface area contributed by atoms with Gasteiger partial charge in [0.1, 0.15) is 18.2 Å². The van der Waals surface area contributed by atoms with Gasteiger partial charge in [-0.15, -0.1) is 10.2 Å². The van der Waals surface area contributed by atoms with Crippen molar-refractivity contribution in [2.24, 2.45) is 7.05 Å². The summed E-state index contributed by atoms with van der Waals surface area (Å²) in [5.74, 6) is 0.712. The van der Waals surface area contributed by atoms with Crippen LogP contribution < -0.4 is 5.32 Å². The maximum Gasteiger partial charge on any atom is 0.323 e. The van der Waals surface area contributed by atoms with Gasteiger partial charge >= 0.3 is 5.97 Å². The number of aryl methyl sites for hydroxylation is 1. The minimum atomic E-state index is -0.233. The summed E-state index contributed by atoms with van der Waals surface area (Å²) in [6, 6.07) is -0.233. The van der Waals surface area contributed by atoms with Crippen LogP contribution in [-0.4, -0.2) is 39.9 Å². The first-order chi connectivity index (χ1) is 8.19. The average Bonchev–Trinajstić information content (AvgIpc) is 2.71. The summed E-state index contributed by atoms with van der Waals surface area (Å²) in [4.78, 5) is 11.5. The molecule has 0 saturated carbocycles. The first-order valence-electron chi connectivity index (χ1n) is 5.91. The minimum Gasteiger partial charge on any atom is -0.465 e. The molecule has 0 aliphatic carbocycles. The molecule has 0 saturated heterocycles. The molecule has 1 aromatic rings. The number of nitrogens with zero attached hydrogens (tertiary/aromatic N) is 3. The van der Waals surface area contributed by atoms with E-state index in [1.165, 1.54) is 0 Å². The van der Waals surface area contributed by atoms with Gasteiger partial charge in [-0.3, -0.25) is 4.79 Å². The molecule has 0 bridgehead atoms. The molecule has 17 heavy (non-hydrogen) atoms. The highest BCUT2D eigenvalue weighted by molar-refractivity contribution is 5.75. The van der Waals surface area contributed by atoms with Gasteiger partial charge in [0.15, 0.2) is 0 Å². The second kappa shape index (κ2) is 7.01. The van der Waals surface area contributed by atoms with Gasteiger partial charge < -0.3 is 14.6 Å². The third-order valence-corrected chi connectivity index (χ3v) is 2.52. The molecular formula is C11H20N4O2. The van der Waals surface area contributed by atoms with Gasteiger partial charge in [-0.25, -0.2) is 0 Å². The van der Waals surface area contributed by atoms with Crippen molar-refractivity contribution in [3.8, 4) is 0 Å². The summed E-state index contributed by atoms with van der Waals surface area (Å²) >= 11 is 0. The molecule has 0 amide bonds. The third-order valence-electron chi connectivity index (χ3n) is 2.52. The second-order valence-electron chi connectivity index (χ2n) is 3.78. The van der Waals surface area contributed by atoms with Gasteiger partial charge in [0.2, 0.25) is 0 Å². The Morgan fingerprint density at radius 2 is 2.35 bits per heavy atom. The molecular weight excluding hydrogens is 220 g/mol. The van der Waals surface area contributed by atoms with Crippen molar-refractivity contribution in [2.75, 3.05) is 13.2 Å². The zero-order valence-corrected chi connectivity index (χ0v) is 10.6. The Labute approximate surface area is 101 Å². The Morgan fingerprint density at radius 1 is 1.59 bits per heavy atom. The number of carbonyl (C=O) groups excluding carboxylic acids is 1. The predicted molar refractivity (Wildman–Crippen MR) is 63.4 cm³/mol. The van der Waals surface area contributed by atoms with Crippen molar-refractivity contribution >= 4 is 5.97 Å². The van der Waals surface area contributed by atoms with Gasteiger partial charge in [0.25, 0.3) is 0 Å². The normalized spacial score (nSPS) is 12.4. The fourth-order valence-corrected chi connectivity index (χ4v) is 1.53. The molecule has 0 aromatic carbocycles. The van der Waals surface area contributed by atoms with Crippen LogP contribution in [0.15, 0.2) is 6.33 Å². The monoisotopic (exact) mass is 240 g/mol. The molecule has 6 nitrogen and oxygen atoms in total. The Morgan fingerprint density at radius 3 is 2.88 bits per heavy atom. The first-order valence-corrected chi connectivity index (χ1v) is 5.91. The molecule has 0 fully saturated rings. The molecule has 1 atom stereocenters. The van der Waals surface area contributed by atoms with Crippen LogP contribution in [0.1, 0.15) is 26.1 Å². The Balaban J connectivity index is 2.33. The van der Waals surface area contributed by atoms with E-state index in [0.717, 1.165) is 18.7 Å². The van der Waals surface area contributed by atoms with Gasteiger partial charge in [0, 0.05) is 20.0 Å². The van der Waals surface area contributed by atoms with E-state index < -0.39 is 0 Å². The molecule has 1 rings (SSSR count). The molecule has 0 spiro atoms. The smallest absolute Gasteiger partial charge is 0.323 e. The second-order valence-corrected chi connectivity index (χ2v) is 3.78. The van der Waals surface area contributed by atoms with Gasteiger partial charge in [-0.05, 0) is 13.3 Å². The number of ether oxygens (including phenoxy) is 1. The number of nitrogens with one attached hydrogen (secondary N) is 1. The third kappa shape index (κ3) is 4.14. The van der Waals surface area contributed by atoms with Gasteiger partial charge in [-0.2, -0.15) is 0 Å². The molecule has 6 heteroatoms. The summed E-state index contributed by atoms with van der Waals surface area (Å²) < 4.78 is 6.84. The van der Waals surface area contributed by atoms with Crippen LogP contribution in [0.5, 0.6) is 0 Å². The van der Waals surface area contributed by atoms with Crippen molar-refractivity contribution in [2.45, 2.75) is 32.7 Å². The van der Waals surface area contributed by atoms with Crippen LogP contribution >= 0.6 is 0 Å². The zero-order valence-electron chi connectivity index (χ0n) is 10.6. The number of aromatic nitrogens is 3. The van der Waals surface area contributed by atoms with Crippen LogP contribution in [0.25, 0.3) is 0 Å². The number of hydrogen-bond acceptors (Lipinski definition) is 5. The molecule has 0 aliphatic heterocycles. The fourth-order valence-electron chi connectivity index (χ4n) is 1.53. The van der Waals surface area contributed by atoms with Crippen LogP contribution in [0.2, 0.25) is 0 Å². The van der Waals surface area contributed by atoms with E-state index in [4.69, 9.17) is 4.74 Å². The quantitative estimate of drug-likeness (QED) is 0.694.